The van der Waals surface area contributed by atoms with Crippen LogP contribution in [0, 0.1) is 0 Å². The lowest BCUT2D eigenvalue weighted by atomic mass is 10.2. The van der Waals surface area contributed by atoms with Gasteiger partial charge in [-0.15, -0.1) is 0 Å². The number of hydrogen-bond donors (Lipinski definition) is 3. The number of carbonyl (C=O) groups excluding carboxylic acids is 2. The van der Waals surface area contributed by atoms with Crippen molar-refractivity contribution in [1.29, 1.82) is 0 Å². The lowest BCUT2D eigenvalue weighted by Crippen LogP contribution is -2.33. The molecule has 0 aliphatic heterocycles. The summed E-state index contributed by atoms with van der Waals surface area (Å²) >= 11 is 5.04. The van der Waals surface area contributed by atoms with Crippen molar-refractivity contribution in [3.63, 3.8) is 0 Å². The van der Waals surface area contributed by atoms with Crippen LogP contribution in [0.5, 0.6) is 0 Å². The number of rotatable bonds is 7. The van der Waals surface area contributed by atoms with Gasteiger partial charge in [0, 0.05) is 19.0 Å². The van der Waals surface area contributed by atoms with Crippen LogP contribution in [0.1, 0.15) is 39.5 Å². The maximum absolute atomic E-state index is 11.8. The van der Waals surface area contributed by atoms with Crippen molar-refractivity contribution in [3.05, 3.63) is 24.3 Å². The van der Waals surface area contributed by atoms with Crippen LogP contribution in [-0.2, 0) is 19.6 Å². The van der Waals surface area contributed by atoms with Crippen molar-refractivity contribution < 1.29 is 18.0 Å². The minimum Gasteiger partial charge on any atom is -0.332 e. The topological polar surface area (TPSA) is 104 Å². The third-order valence-electron chi connectivity index (χ3n) is 2.96. The van der Waals surface area contributed by atoms with Crippen molar-refractivity contribution >= 4 is 44.9 Å². The SMILES string of the molecule is CCCCCC(=O)NC(=S)Nc1ccc(S(=O)(=O)NC(C)=O)cc1. The van der Waals surface area contributed by atoms with E-state index in [1.165, 1.54) is 24.3 Å². The van der Waals surface area contributed by atoms with Crippen LogP contribution in [-0.4, -0.2) is 25.3 Å². The Bertz CT molecular complexity index is 700. The van der Waals surface area contributed by atoms with Crippen molar-refractivity contribution in [2.75, 3.05) is 5.32 Å². The maximum Gasteiger partial charge on any atom is 0.264 e. The van der Waals surface area contributed by atoms with Crippen molar-refractivity contribution in [3.8, 4) is 0 Å². The van der Waals surface area contributed by atoms with Crippen molar-refractivity contribution in [2.24, 2.45) is 0 Å². The van der Waals surface area contributed by atoms with Gasteiger partial charge in [0.25, 0.3) is 10.0 Å². The molecule has 132 valence electrons. The second kappa shape index (κ2) is 9.33. The van der Waals surface area contributed by atoms with E-state index in [9.17, 15) is 18.0 Å². The summed E-state index contributed by atoms with van der Waals surface area (Å²) in [5, 5.41) is 5.51. The number of sulfonamides is 1. The number of unbranched alkanes of at least 4 members (excludes halogenated alkanes) is 2. The summed E-state index contributed by atoms with van der Waals surface area (Å²) < 4.78 is 25.5. The van der Waals surface area contributed by atoms with E-state index in [0.29, 0.717) is 12.1 Å². The number of anilines is 1. The predicted molar refractivity (Wildman–Crippen MR) is 95.9 cm³/mol. The summed E-state index contributed by atoms with van der Waals surface area (Å²) in [6.07, 6.45) is 3.23. The Morgan fingerprint density at radius 1 is 1.12 bits per heavy atom. The van der Waals surface area contributed by atoms with E-state index in [0.717, 1.165) is 26.2 Å². The molecule has 3 N–H and O–H groups in total. The molecule has 0 aromatic heterocycles. The summed E-state index contributed by atoms with van der Waals surface area (Å²) in [6, 6.07) is 5.65. The van der Waals surface area contributed by atoms with Crippen LogP contribution in [0.15, 0.2) is 29.2 Å². The molecule has 0 fully saturated rings. The molecule has 1 rings (SSSR count). The summed E-state index contributed by atoms with van der Waals surface area (Å²) in [6.45, 7) is 3.18. The third kappa shape index (κ3) is 7.05. The molecule has 1 aromatic carbocycles. The number of thiocarbonyl (C=S) groups is 1. The molecule has 0 saturated carbocycles. The molecule has 2 amide bonds. The van der Waals surface area contributed by atoms with Gasteiger partial charge in [-0.05, 0) is 42.9 Å². The van der Waals surface area contributed by atoms with Gasteiger partial charge in [0.2, 0.25) is 11.8 Å². The van der Waals surface area contributed by atoms with E-state index in [2.05, 4.69) is 17.6 Å². The molecule has 0 radical (unpaired) electrons. The zero-order chi connectivity index (χ0) is 18.2. The van der Waals surface area contributed by atoms with Crippen LogP contribution >= 0.6 is 12.2 Å². The van der Waals surface area contributed by atoms with Crippen LogP contribution in [0.3, 0.4) is 0 Å². The lowest BCUT2D eigenvalue weighted by Gasteiger charge is -2.10. The highest BCUT2D eigenvalue weighted by Crippen LogP contribution is 2.14. The average Bonchev–Trinajstić information content (AvgIpc) is 2.46. The second-order valence-electron chi connectivity index (χ2n) is 5.15. The van der Waals surface area contributed by atoms with E-state index in [4.69, 9.17) is 12.2 Å². The highest BCUT2D eigenvalue weighted by Gasteiger charge is 2.15. The molecular formula is C15H21N3O4S2. The van der Waals surface area contributed by atoms with Crippen LogP contribution in [0.4, 0.5) is 5.69 Å². The molecule has 0 aliphatic carbocycles. The van der Waals surface area contributed by atoms with Crippen LogP contribution < -0.4 is 15.4 Å². The smallest absolute Gasteiger partial charge is 0.264 e. The van der Waals surface area contributed by atoms with Crippen molar-refractivity contribution in [2.45, 2.75) is 44.4 Å². The van der Waals surface area contributed by atoms with Gasteiger partial charge in [-0.1, -0.05) is 19.8 Å². The molecule has 24 heavy (non-hydrogen) atoms. The van der Waals surface area contributed by atoms with E-state index in [1.807, 2.05) is 4.72 Å². The van der Waals surface area contributed by atoms with Gasteiger partial charge >= 0.3 is 0 Å². The van der Waals surface area contributed by atoms with E-state index in [-0.39, 0.29) is 15.9 Å². The van der Waals surface area contributed by atoms with E-state index >= 15 is 0 Å². The minimum atomic E-state index is -3.87. The first kappa shape index (κ1) is 20.0. The fourth-order valence-corrected chi connectivity index (χ4v) is 3.07. The first-order valence-corrected chi connectivity index (χ1v) is 9.38. The first-order valence-electron chi connectivity index (χ1n) is 7.49. The van der Waals surface area contributed by atoms with Gasteiger partial charge in [-0.3, -0.25) is 9.59 Å². The largest absolute Gasteiger partial charge is 0.332 e. The Labute approximate surface area is 147 Å². The Hall–Kier alpha value is -2.00. The molecule has 0 spiro atoms. The second-order valence-corrected chi connectivity index (χ2v) is 7.24. The summed E-state index contributed by atoms with van der Waals surface area (Å²) in [5.41, 5.74) is 0.524. The predicted octanol–water partition coefficient (Wildman–Crippen LogP) is 1.90. The van der Waals surface area contributed by atoms with Gasteiger partial charge < -0.3 is 10.6 Å². The fourth-order valence-electron chi connectivity index (χ4n) is 1.85. The Kier molecular flexibility index (Phi) is 7.80. The van der Waals surface area contributed by atoms with Crippen LogP contribution in [0.2, 0.25) is 0 Å². The summed E-state index contributed by atoms with van der Waals surface area (Å²) in [5.74, 6) is -0.824. The van der Waals surface area contributed by atoms with Gasteiger partial charge in [-0.2, -0.15) is 0 Å². The first-order chi connectivity index (χ1) is 11.2. The molecule has 1 aromatic rings. The molecular weight excluding hydrogens is 350 g/mol. The minimum absolute atomic E-state index is 0.0437. The quantitative estimate of drug-likeness (QED) is 0.499. The Morgan fingerprint density at radius 2 is 1.75 bits per heavy atom. The molecule has 9 heteroatoms. The Balaban J connectivity index is 2.59. The number of amides is 2. The van der Waals surface area contributed by atoms with Gasteiger partial charge in [-0.25, -0.2) is 13.1 Å². The molecule has 0 bridgehead atoms. The molecule has 7 nitrogen and oxygen atoms in total. The summed E-state index contributed by atoms with van der Waals surface area (Å²) in [4.78, 5) is 22.5. The number of hydrogen-bond acceptors (Lipinski definition) is 5. The molecule has 0 aliphatic rings. The van der Waals surface area contributed by atoms with Gasteiger partial charge in [0.1, 0.15) is 0 Å². The van der Waals surface area contributed by atoms with Gasteiger partial charge in [0.05, 0.1) is 4.90 Å². The Morgan fingerprint density at radius 3 is 2.29 bits per heavy atom. The molecule has 0 heterocycles. The number of benzene rings is 1. The van der Waals surface area contributed by atoms with Crippen molar-refractivity contribution in [1.82, 2.24) is 10.0 Å². The fraction of sp³-hybridized carbons (Fsp3) is 0.400. The molecule has 0 saturated heterocycles. The lowest BCUT2D eigenvalue weighted by molar-refractivity contribution is -0.120. The maximum atomic E-state index is 11.8. The molecule has 0 unspecified atom stereocenters. The van der Waals surface area contributed by atoms with E-state index < -0.39 is 15.9 Å². The van der Waals surface area contributed by atoms with Crippen LogP contribution in [0.25, 0.3) is 0 Å². The zero-order valence-electron chi connectivity index (χ0n) is 13.6. The van der Waals surface area contributed by atoms with E-state index in [1.54, 1.807) is 0 Å². The standard InChI is InChI=1S/C15H21N3O4S2/c1-3-4-5-6-14(20)17-15(23)16-12-7-9-13(10-8-12)24(21,22)18-11(2)19/h7-10H,3-6H2,1-2H3,(H,18,19)(H2,16,17,20,23). The third-order valence-corrected chi connectivity index (χ3v) is 4.61. The highest BCUT2D eigenvalue weighted by molar-refractivity contribution is 7.90. The monoisotopic (exact) mass is 371 g/mol. The highest BCUT2D eigenvalue weighted by atomic mass is 32.2. The number of carbonyl (C=O) groups is 2. The average molecular weight is 371 g/mol. The molecule has 0 atom stereocenters. The summed E-state index contributed by atoms with van der Waals surface area (Å²) in [7, 11) is -3.87. The van der Waals surface area contributed by atoms with Gasteiger partial charge in [0.15, 0.2) is 5.11 Å². The zero-order valence-corrected chi connectivity index (χ0v) is 15.2. The normalized spacial score (nSPS) is 10.8. The number of nitrogens with one attached hydrogen (secondary N) is 3.